The van der Waals surface area contributed by atoms with Crippen molar-refractivity contribution < 1.29 is 4.39 Å². The number of hydrogen-bond acceptors (Lipinski definition) is 1. The lowest BCUT2D eigenvalue weighted by atomic mass is 10.0. The molecule has 1 N–H and O–H groups in total. The molecule has 0 aromatic heterocycles. The van der Waals surface area contributed by atoms with Crippen LogP contribution in [0, 0.1) is 5.82 Å². The topological polar surface area (TPSA) is 12.0 Å². The molecule has 0 heterocycles. The lowest BCUT2D eigenvalue weighted by Gasteiger charge is -2.20. The van der Waals surface area contributed by atoms with Crippen LogP contribution in [0.3, 0.4) is 0 Å². The minimum Gasteiger partial charge on any atom is -0.311 e. The fraction of sp³-hybridized carbons (Fsp3) is 0.333. The monoisotopic (exact) mass is 349 g/mol. The first-order valence-corrected chi connectivity index (χ1v) is 8.08. The smallest absolute Gasteiger partial charge is 0.126 e. The Labute approximate surface area is 134 Å². The third kappa shape index (κ3) is 5.25. The second-order valence-electron chi connectivity index (χ2n) is 5.59. The maximum absolute atomic E-state index is 13.6. The van der Waals surface area contributed by atoms with E-state index in [4.69, 9.17) is 0 Å². The Morgan fingerprint density at radius 1 is 0.952 bits per heavy atom. The summed E-state index contributed by atoms with van der Waals surface area (Å²) in [5.74, 6) is -0.119. The first-order chi connectivity index (χ1) is 10.0. The van der Waals surface area contributed by atoms with Gasteiger partial charge < -0.3 is 5.32 Å². The van der Waals surface area contributed by atoms with E-state index in [0.717, 1.165) is 16.5 Å². The molecule has 0 aliphatic carbocycles. The molecule has 0 aliphatic heterocycles. The molecule has 0 amide bonds. The Balaban J connectivity index is 1.86. The fourth-order valence-corrected chi connectivity index (χ4v) is 2.84. The van der Waals surface area contributed by atoms with Crippen molar-refractivity contribution in [3.8, 4) is 0 Å². The summed E-state index contributed by atoms with van der Waals surface area (Å²) in [5, 5.41) is 3.54. The molecule has 1 nitrogen and oxygen atoms in total. The van der Waals surface area contributed by atoms with Gasteiger partial charge in [0.2, 0.25) is 0 Å². The highest BCUT2D eigenvalue weighted by Crippen LogP contribution is 2.13. The molecular weight excluding hydrogens is 329 g/mol. The number of nitrogens with one attached hydrogen (secondary N) is 1. The Kier molecular flexibility index (Phi) is 5.95. The lowest BCUT2D eigenvalue weighted by molar-refractivity contribution is 0.456. The fourth-order valence-electron chi connectivity index (χ4n) is 2.57. The highest BCUT2D eigenvalue weighted by molar-refractivity contribution is 9.10. The zero-order chi connectivity index (χ0) is 15.2. The molecule has 2 atom stereocenters. The summed E-state index contributed by atoms with van der Waals surface area (Å²) < 4.78 is 14.7. The highest BCUT2D eigenvalue weighted by Gasteiger charge is 2.11. The van der Waals surface area contributed by atoms with Gasteiger partial charge in [0.1, 0.15) is 5.82 Å². The van der Waals surface area contributed by atoms with E-state index in [9.17, 15) is 4.39 Å². The quantitative estimate of drug-likeness (QED) is 0.794. The first kappa shape index (κ1) is 16.2. The van der Waals surface area contributed by atoms with E-state index < -0.39 is 0 Å². The van der Waals surface area contributed by atoms with Crippen molar-refractivity contribution in [3.05, 3.63) is 69.9 Å². The first-order valence-electron chi connectivity index (χ1n) is 7.28. The minimum atomic E-state index is -0.119. The predicted molar refractivity (Wildman–Crippen MR) is 90.0 cm³/mol. The van der Waals surface area contributed by atoms with Crippen LogP contribution in [-0.4, -0.2) is 12.1 Å². The molecule has 2 unspecified atom stereocenters. The van der Waals surface area contributed by atoms with Gasteiger partial charge in [0.25, 0.3) is 0 Å². The summed E-state index contributed by atoms with van der Waals surface area (Å²) in [6.45, 7) is 4.27. The number of rotatable bonds is 6. The van der Waals surface area contributed by atoms with E-state index in [1.165, 1.54) is 11.6 Å². The average Bonchev–Trinajstić information content (AvgIpc) is 2.44. The molecule has 3 heteroatoms. The van der Waals surface area contributed by atoms with Gasteiger partial charge in [-0.25, -0.2) is 4.39 Å². The number of halogens is 2. The molecule has 2 aromatic rings. The van der Waals surface area contributed by atoms with Crippen molar-refractivity contribution in [2.24, 2.45) is 0 Å². The van der Waals surface area contributed by atoms with Crippen molar-refractivity contribution in [2.45, 2.75) is 38.8 Å². The molecule has 2 rings (SSSR count). The van der Waals surface area contributed by atoms with Gasteiger partial charge in [-0.05, 0) is 56.0 Å². The van der Waals surface area contributed by atoms with Crippen LogP contribution in [-0.2, 0) is 12.8 Å². The molecule has 0 bridgehead atoms. The SMILES string of the molecule is CC(Cc1ccc(Br)cc1)NC(C)Cc1ccccc1F. The van der Waals surface area contributed by atoms with Gasteiger partial charge in [0.05, 0.1) is 0 Å². The van der Waals surface area contributed by atoms with Crippen LogP contribution in [0.25, 0.3) is 0 Å². The summed E-state index contributed by atoms with van der Waals surface area (Å²) in [6, 6.07) is 16.0. The van der Waals surface area contributed by atoms with E-state index in [-0.39, 0.29) is 11.9 Å². The minimum absolute atomic E-state index is 0.119. The van der Waals surface area contributed by atoms with E-state index in [1.807, 2.05) is 12.1 Å². The zero-order valence-corrected chi connectivity index (χ0v) is 14.0. The van der Waals surface area contributed by atoms with Crippen LogP contribution >= 0.6 is 15.9 Å². The highest BCUT2D eigenvalue weighted by atomic mass is 79.9. The van der Waals surface area contributed by atoms with Crippen molar-refractivity contribution >= 4 is 15.9 Å². The molecule has 0 saturated heterocycles. The molecule has 0 saturated carbocycles. The summed E-state index contributed by atoms with van der Waals surface area (Å²) in [4.78, 5) is 0. The van der Waals surface area contributed by atoms with Gasteiger partial charge in [-0.1, -0.05) is 46.3 Å². The molecule has 0 spiro atoms. The van der Waals surface area contributed by atoms with E-state index in [2.05, 4.69) is 59.4 Å². The Hall–Kier alpha value is -1.19. The standard InChI is InChI=1S/C18H21BrFN/c1-13(11-15-7-9-17(19)10-8-15)21-14(2)12-16-5-3-4-6-18(16)20/h3-10,13-14,21H,11-12H2,1-2H3. The normalized spacial score (nSPS) is 13.9. The number of benzene rings is 2. The second kappa shape index (κ2) is 7.71. The summed E-state index contributed by atoms with van der Waals surface area (Å²) in [6.07, 6.45) is 1.67. The predicted octanol–water partition coefficient (Wildman–Crippen LogP) is 4.74. The molecule has 0 fully saturated rings. The van der Waals surface area contributed by atoms with Crippen LogP contribution in [0.2, 0.25) is 0 Å². The largest absolute Gasteiger partial charge is 0.311 e. The number of hydrogen-bond donors (Lipinski definition) is 1. The second-order valence-corrected chi connectivity index (χ2v) is 6.51. The summed E-state index contributed by atoms with van der Waals surface area (Å²) in [5.41, 5.74) is 2.07. The molecule has 0 radical (unpaired) electrons. The van der Waals surface area contributed by atoms with Crippen LogP contribution in [0.5, 0.6) is 0 Å². The van der Waals surface area contributed by atoms with E-state index in [0.29, 0.717) is 12.5 Å². The maximum atomic E-state index is 13.6. The van der Waals surface area contributed by atoms with Crippen molar-refractivity contribution in [1.82, 2.24) is 5.32 Å². The summed E-state index contributed by atoms with van der Waals surface area (Å²) >= 11 is 3.44. The molecule has 0 aliphatic rings. The Morgan fingerprint density at radius 3 is 2.24 bits per heavy atom. The molecule has 112 valence electrons. The van der Waals surface area contributed by atoms with Gasteiger partial charge in [-0.15, -0.1) is 0 Å². The van der Waals surface area contributed by atoms with Crippen molar-refractivity contribution in [3.63, 3.8) is 0 Å². The van der Waals surface area contributed by atoms with Gasteiger partial charge in [-0.2, -0.15) is 0 Å². The van der Waals surface area contributed by atoms with Crippen molar-refractivity contribution in [2.75, 3.05) is 0 Å². The molecule has 21 heavy (non-hydrogen) atoms. The average molecular weight is 350 g/mol. The van der Waals surface area contributed by atoms with E-state index in [1.54, 1.807) is 6.07 Å². The van der Waals surface area contributed by atoms with Crippen LogP contribution in [0.15, 0.2) is 53.0 Å². The van der Waals surface area contributed by atoms with Crippen LogP contribution < -0.4 is 5.32 Å². The van der Waals surface area contributed by atoms with Crippen LogP contribution in [0.4, 0.5) is 4.39 Å². The molecular formula is C18H21BrFN. The Morgan fingerprint density at radius 2 is 1.57 bits per heavy atom. The summed E-state index contributed by atoms with van der Waals surface area (Å²) in [7, 11) is 0. The molecule has 2 aromatic carbocycles. The van der Waals surface area contributed by atoms with Gasteiger partial charge in [0, 0.05) is 16.6 Å². The Bertz CT molecular complexity index is 568. The van der Waals surface area contributed by atoms with Crippen molar-refractivity contribution in [1.29, 1.82) is 0 Å². The van der Waals surface area contributed by atoms with E-state index >= 15 is 0 Å². The van der Waals surface area contributed by atoms with Crippen LogP contribution in [0.1, 0.15) is 25.0 Å². The third-order valence-corrected chi connectivity index (χ3v) is 4.04. The zero-order valence-electron chi connectivity index (χ0n) is 12.4. The lowest BCUT2D eigenvalue weighted by Crippen LogP contribution is -2.37. The maximum Gasteiger partial charge on any atom is 0.126 e. The van der Waals surface area contributed by atoms with Gasteiger partial charge in [-0.3, -0.25) is 0 Å². The van der Waals surface area contributed by atoms with Gasteiger partial charge >= 0.3 is 0 Å². The third-order valence-electron chi connectivity index (χ3n) is 3.51. The van der Waals surface area contributed by atoms with Gasteiger partial charge in [0.15, 0.2) is 0 Å².